The van der Waals surface area contributed by atoms with Crippen LogP contribution in [0, 0.1) is 0 Å². The minimum absolute atomic E-state index is 0.110. The first-order valence-corrected chi connectivity index (χ1v) is 9.72. The Kier molecular flexibility index (Phi) is 4.83. The first-order chi connectivity index (χ1) is 13.0. The van der Waals surface area contributed by atoms with Crippen LogP contribution in [0.5, 0.6) is 0 Å². The number of amides is 4. The van der Waals surface area contributed by atoms with Crippen molar-refractivity contribution in [1.29, 1.82) is 0 Å². The normalized spacial score (nSPS) is 23.6. The number of benzene rings is 1. The van der Waals surface area contributed by atoms with E-state index in [0.717, 1.165) is 36.6 Å². The van der Waals surface area contributed by atoms with E-state index in [1.807, 2.05) is 6.07 Å². The van der Waals surface area contributed by atoms with Crippen LogP contribution in [-0.2, 0) is 16.1 Å². The van der Waals surface area contributed by atoms with E-state index in [0.29, 0.717) is 22.1 Å². The zero-order valence-electron chi connectivity index (χ0n) is 14.6. The van der Waals surface area contributed by atoms with Crippen molar-refractivity contribution < 1.29 is 19.2 Å². The van der Waals surface area contributed by atoms with Gasteiger partial charge in [-0.2, -0.15) is 0 Å². The maximum Gasteiger partial charge on any atom is 0.263 e. The van der Waals surface area contributed by atoms with Crippen LogP contribution >= 0.6 is 15.9 Å². The molecule has 3 heterocycles. The van der Waals surface area contributed by atoms with Crippen molar-refractivity contribution in [1.82, 2.24) is 20.4 Å². The topological polar surface area (TPSA) is 98.8 Å². The van der Waals surface area contributed by atoms with E-state index in [4.69, 9.17) is 0 Å². The number of piperidine rings is 1. The molecule has 1 atom stereocenters. The number of carbonyl (C=O) groups excluding carboxylic acids is 4. The number of nitrogens with zero attached hydrogens (tertiary/aromatic N) is 2. The van der Waals surface area contributed by atoms with Crippen molar-refractivity contribution in [2.75, 3.05) is 26.2 Å². The number of hydrogen-bond acceptors (Lipinski definition) is 6. The number of piperazine rings is 1. The molecular formula is C18H19BrN4O4. The van der Waals surface area contributed by atoms with Crippen molar-refractivity contribution in [2.24, 2.45) is 0 Å². The zero-order valence-corrected chi connectivity index (χ0v) is 16.2. The van der Waals surface area contributed by atoms with Gasteiger partial charge in [-0.1, -0.05) is 6.07 Å². The van der Waals surface area contributed by atoms with E-state index < -0.39 is 23.8 Å². The summed E-state index contributed by atoms with van der Waals surface area (Å²) in [6, 6.07) is 2.67. The minimum Gasteiger partial charge on any atom is -0.314 e. The molecule has 1 aromatic rings. The molecule has 0 aliphatic carbocycles. The number of rotatable bonds is 3. The second-order valence-electron chi connectivity index (χ2n) is 6.93. The summed E-state index contributed by atoms with van der Waals surface area (Å²) in [5.41, 5.74) is 1.44. The highest BCUT2D eigenvalue weighted by molar-refractivity contribution is 9.10. The molecule has 0 aromatic heterocycles. The molecule has 142 valence electrons. The van der Waals surface area contributed by atoms with Gasteiger partial charge in [0.2, 0.25) is 11.8 Å². The van der Waals surface area contributed by atoms with Crippen LogP contribution in [0.4, 0.5) is 0 Å². The SMILES string of the molecule is O=C1CCC(N2C(=O)c3c(Br)ccc(CN4CCNCC4)c3C2=O)C(=O)N1. The number of carbonyl (C=O) groups is 4. The summed E-state index contributed by atoms with van der Waals surface area (Å²) in [7, 11) is 0. The van der Waals surface area contributed by atoms with Crippen molar-refractivity contribution in [2.45, 2.75) is 25.4 Å². The quantitative estimate of drug-likeness (QED) is 0.661. The van der Waals surface area contributed by atoms with Crippen LogP contribution in [0.25, 0.3) is 0 Å². The molecule has 4 rings (SSSR count). The standard InChI is InChI=1S/C18H19BrN4O4/c19-11-2-1-10(9-22-7-5-20-6-8-22)14-15(11)18(27)23(17(14)26)12-3-4-13(24)21-16(12)25/h1-2,12,20H,3-9H2,(H,21,24,25). The second kappa shape index (κ2) is 7.14. The van der Waals surface area contributed by atoms with Gasteiger partial charge in [0, 0.05) is 43.6 Å². The van der Waals surface area contributed by atoms with Crippen LogP contribution < -0.4 is 10.6 Å². The molecule has 0 spiro atoms. The van der Waals surface area contributed by atoms with Crippen molar-refractivity contribution in [3.63, 3.8) is 0 Å². The lowest BCUT2D eigenvalue weighted by Crippen LogP contribution is -2.54. The number of hydrogen-bond donors (Lipinski definition) is 2. The fourth-order valence-electron chi connectivity index (χ4n) is 3.86. The van der Waals surface area contributed by atoms with E-state index in [1.165, 1.54) is 0 Å². The van der Waals surface area contributed by atoms with Gasteiger partial charge in [0.1, 0.15) is 6.04 Å². The van der Waals surface area contributed by atoms with Gasteiger partial charge in [0.15, 0.2) is 0 Å². The van der Waals surface area contributed by atoms with Gasteiger partial charge in [-0.15, -0.1) is 0 Å². The molecule has 2 N–H and O–H groups in total. The smallest absolute Gasteiger partial charge is 0.263 e. The van der Waals surface area contributed by atoms with Crippen LogP contribution in [0.15, 0.2) is 16.6 Å². The molecule has 3 aliphatic heterocycles. The average Bonchev–Trinajstić information content (AvgIpc) is 2.91. The molecule has 9 heteroatoms. The van der Waals surface area contributed by atoms with Crippen molar-refractivity contribution in [3.05, 3.63) is 33.3 Å². The number of nitrogens with one attached hydrogen (secondary N) is 2. The molecule has 4 amide bonds. The third-order valence-electron chi connectivity index (χ3n) is 5.23. The molecule has 2 saturated heterocycles. The van der Waals surface area contributed by atoms with Gasteiger partial charge in [-0.3, -0.25) is 34.3 Å². The molecule has 0 radical (unpaired) electrons. The van der Waals surface area contributed by atoms with Gasteiger partial charge in [0.05, 0.1) is 11.1 Å². The summed E-state index contributed by atoms with van der Waals surface area (Å²) < 4.78 is 0.537. The van der Waals surface area contributed by atoms with E-state index in [9.17, 15) is 19.2 Å². The molecular weight excluding hydrogens is 416 g/mol. The third kappa shape index (κ3) is 3.19. The zero-order chi connectivity index (χ0) is 19.1. The van der Waals surface area contributed by atoms with Crippen LogP contribution in [0.3, 0.4) is 0 Å². The molecule has 0 bridgehead atoms. The lowest BCUT2D eigenvalue weighted by atomic mass is 10.0. The predicted molar refractivity (Wildman–Crippen MR) is 99.0 cm³/mol. The Morgan fingerprint density at radius 3 is 2.44 bits per heavy atom. The molecule has 1 aromatic carbocycles. The number of imide groups is 2. The average molecular weight is 435 g/mol. The number of halogens is 1. The van der Waals surface area contributed by atoms with Gasteiger partial charge >= 0.3 is 0 Å². The minimum atomic E-state index is -0.950. The van der Waals surface area contributed by atoms with E-state index in [-0.39, 0.29) is 18.7 Å². The van der Waals surface area contributed by atoms with Crippen LogP contribution in [0.1, 0.15) is 39.1 Å². The maximum atomic E-state index is 13.1. The Bertz CT molecular complexity index is 850. The summed E-state index contributed by atoms with van der Waals surface area (Å²) in [5, 5.41) is 5.50. The summed E-state index contributed by atoms with van der Waals surface area (Å²) >= 11 is 3.37. The highest BCUT2D eigenvalue weighted by Crippen LogP contribution is 2.35. The Hall–Kier alpha value is -2.10. The van der Waals surface area contributed by atoms with Gasteiger partial charge in [-0.05, 0) is 34.0 Å². The maximum absolute atomic E-state index is 13.1. The predicted octanol–water partition coefficient (Wildman–Crippen LogP) is 0.255. The largest absolute Gasteiger partial charge is 0.314 e. The molecule has 1 unspecified atom stereocenters. The highest BCUT2D eigenvalue weighted by atomic mass is 79.9. The van der Waals surface area contributed by atoms with E-state index >= 15 is 0 Å². The molecule has 0 saturated carbocycles. The summed E-state index contributed by atoms with van der Waals surface area (Å²) in [6.45, 7) is 4.06. The molecule has 27 heavy (non-hydrogen) atoms. The molecule has 8 nitrogen and oxygen atoms in total. The van der Waals surface area contributed by atoms with E-state index in [2.05, 4.69) is 31.5 Å². The van der Waals surface area contributed by atoms with Crippen LogP contribution in [-0.4, -0.2) is 65.6 Å². The van der Waals surface area contributed by atoms with Crippen molar-refractivity contribution in [3.8, 4) is 0 Å². The summed E-state index contributed by atoms with van der Waals surface area (Å²) in [5.74, 6) is -1.93. The first-order valence-electron chi connectivity index (χ1n) is 8.93. The Morgan fingerprint density at radius 1 is 1.04 bits per heavy atom. The second-order valence-corrected chi connectivity index (χ2v) is 7.78. The van der Waals surface area contributed by atoms with Gasteiger partial charge in [-0.25, -0.2) is 0 Å². The van der Waals surface area contributed by atoms with E-state index in [1.54, 1.807) is 6.07 Å². The summed E-state index contributed by atoms with van der Waals surface area (Å²) in [6.07, 6.45) is 0.263. The fraction of sp³-hybridized carbons (Fsp3) is 0.444. The first kappa shape index (κ1) is 18.3. The number of fused-ring (bicyclic) bond motifs is 1. The Morgan fingerprint density at radius 2 is 1.74 bits per heavy atom. The summed E-state index contributed by atoms with van der Waals surface area (Å²) in [4.78, 5) is 53.0. The Labute approximate surface area is 164 Å². The van der Waals surface area contributed by atoms with Gasteiger partial charge < -0.3 is 5.32 Å². The molecule has 2 fully saturated rings. The Balaban J connectivity index is 1.67. The molecule has 3 aliphatic rings. The van der Waals surface area contributed by atoms with Gasteiger partial charge in [0.25, 0.3) is 11.8 Å². The fourth-order valence-corrected chi connectivity index (χ4v) is 4.36. The lowest BCUT2D eigenvalue weighted by Gasteiger charge is -2.28. The lowest BCUT2D eigenvalue weighted by molar-refractivity contribution is -0.136. The monoisotopic (exact) mass is 434 g/mol. The highest BCUT2D eigenvalue weighted by Gasteiger charge is 2.46. The third-order valence-corrected chi connectivity index (χ3v) is 5.89. The van der Waals surface area contributed by atoms with Crippen molar-refractivity contribution >= 4 is 39.6 Å². The van der Waals surface area contributed by atoms with Crippen LogP contribution in [0.2, 0.25) is 0 Å².